The lowest BCUT2D eigenvalue weighted by Gasteiger charge is -1.99. The average Bonchev–Trinajstić information content (AvgIpc) is 2.45. The summed E-state index contributed by atoms with van der Waals surface area (Å²) in [6.45, 7) is 2.19. The van der Waals surface area contributed by atoms with Crippen LogP contribution in [-0.2, 0) is 4.79 Å². The molecule has 0 saturated heterocycles. The van der Waals surface area contributed by atoms with Gasteiger partial charge in [-0.3, -0.25) is 4.79 Å². The lowest BCUT2D eigenvalue weighted by atomic mass is 10.1. The molecule has 0 saturated carbocycles. The summed E-state index contributed by atoms with van der Waals surface area (Å²) in [6.07, 6.45) is 19.5. The first kappa shape index (κ1) is 19.7. The van der Waals surface area contributed by atoms with Crippen LogP contribution in [-0.4, -0.2) is 22.3 Å². The minimum Gasteiger partial charge on any atom is -0.481 e. The number of allylic oxidation sites excluding steroid dienone is 4. The molecule has 120 valence electrons. The summed E-state index contributed by atoms with van der Waals surface area (Å²) < 4.78 is 0. The fraction of sp³-hybridized carbons (Fsp3) is 0.611. The van der Waals surface area contributed by atoms with Crippen LogP contribution >= 0.6 is 0 Å². The molecule has 0 aromatic carbocycles. The van der Waals surface area contributed by atoms with Gasteiger partial charge < -0.3 is 10.2 Å². The normalized spacial score (nSPS) is 13.6. The first-order valence-electron chi connectivity index (χ1n) is 8.05. The zero-order chi connectivity index (χ0) is 15.8. The van der Waals surface area contributed by atoms with Crippen molar-refractivity contribution < 1.29 is 15.0 Å². The monoisotopic (exact) mass is 294 g/mol. The van der Waals surface area contributed by atoms with E-state index in [9.17, 15) is 9.90 Å². The zero-order valence-corrected chi connectivity index (χ0v) is 13.2. The molecule has 0 heterocycles. The molecular formula is C18H30O3. The van der Waals surface area contributed by atoms with Crippen molar-refractivity contribution in [2.45, 2.75) is 70.8 Å². The van der Waals surface area contributed by atoms with E-state index in [4.69, 9.17) is 5.11 Å². The van der Waals surface area contributed by atoms with Crippen molar-refractivity contribution in [1.82, 2.24) is 0 Å². The molecule has 0 spiro atoms. The molecule has 0 amide bonds. The molecule has 0 unspecified atom stereocenters. The fourth-order valence-electron chi connectivity index (χ4n) is 1.85. The highest BCUT2D eigenvalue weighted by Crippen LogP contribution is 2.03. The van der Waals surface area contributed by atoms with E-state index in [1.54, 1.807) is 6.08 Å². The molecule has 0 aromatic heterocycles. The summed E-state index contributed by atoms with van der Waals surface area (Å²) in [4.78, 5) is 10.3. The van der Waals surface area contributed by atoms with Crippen LogP contribution in [0.2, 0.25) is 0 Å². The lowest BCUT2D eigenvalue weighted by Crippen LogP contribution is -1.98. The molecule has 0 rings (SSSR count). The summed E-state index contributed by atoms with van der Waals surface area (Å²) in [5.74, 6) is -0.734. The number of carboxylic acid groups (broad SMARTS) is 1. The second-order valence-corrected chi connectivity index (χ2v) is 5.22. The molecule has 3 nitrogen and oxygen atoms in total. The van der Waals surface area contributed by atoms with E-state index in [2.05, 4.69) is 13.0 Å². The summed E-state index contributed by atoms with van der Waals surface area (Å²) >= 11 is 0. The Morgan fingerprint density at radius 2 is 1.71 bits per heavy atom. The van der Waals surface area contributed by atoms with Gasteiger partial charge in [-0.1, -0.05) is 56.2 Å². The number of hydrogen-bond acceptors (Lipinski definition) is 2. The van der Waals surface area contributed by atoms with Gasteiger partial charge in [-0.15, -0.1) is 0 Å². The van der Waals surface area contributed by atoms with Crippen LogP contribution in [0.5, 0.6) is 0 Å². The number of carboxylic acids is 1. The van der Waals surface area contributed by atoms with E-state index >= 15 is 0 Å². The molecule has 3 heteroatoms. The van der Waals surface area contributed by atoms with E-state index in [0.717, 1.165) is 19.3 Å². The van der Waals surface area contributed by atoms with Crippen LogP contribution in [0.25, 0.3) is 0 Å². The second-order valence-electron chi connectivity index (χ2n) is 5.22. The Bertz CT molecular complexity index is 329. The maximum absolute atomic E-state index is 10.3. The molecule has 21 heavy (non-hydrogen) atoms. The number of aliphatic hydroxyl groups excluding tert-OH is 1. The molecular weight excluding hydrogens is 264 g/mol. The molecule has 0 radical (unpaired) electrons. The molecule has 0 aliphatic carbocycles. The van der Waals surface area contributed by atoms with Crippen LogP contribution in [0.3, 0.4) is 0 Å². The largest absolute Gasteiger partial charge is 0.481 e. The van der Waals surface area contributed by atoms with E-state index in [1.807, 2.05) is 24.3 Å². The topological polar surface area (TPSA) is 57.5 Å². The Hall–Kier alpha value is -1.35. The van der Waals surface area contributed by atoms with E-state index < -0.39 is 12.1 Å². The zero-order valence-electron chi connectivity index (χ0n) is 13.2. The number of hydrogen-bond donors (Lipinski definition) is 2. The minimum atomic E-state index is -0.734. The smallest absolute Gasteiger partial charge is 0.303 e. The molecule has 0 aliphatic rings. The van der Waals surface area contributed by atoms with Crippen LogP contribution in [0.1, 0.15) is 64.7 Å². The fourth-order valence-corrected chi connectivity index (χ4v) is 1.85. The first-order valence-corrected chi connectivity index (χ1v) is 8.05. The predicted molar refractivity (Wildman–Crippen MR) is 88.3 cm³/mol. The van der Waals surface area contributed by atoms with Crippen molar-refractivity contribution in [2.75, 3.05) is 0 Å². The lowest BCUT2D eigenvalue weighted by molar-refractivity contribution is -0.137. The Balaban J connectivity index is 3.55. The summed E-state index contributed by atoms with van der Waals surface area (Å²) in [5.41, 5.74) is 0. The molecule has 0 bridgehead atoms. The van der Waals surface area contributed by atoms with Crippen molar-refractivity contribution in [3.05, 3.63) is 36.5 Å². The third kappa shape index (κ3) is 16.6. The van der Waals surface area contributed by atoms with E-state index in [-0.39, 0.29) is 6.42 Å². The number of carbonyl (C=O) groups is 1. The van der Waals surface area contributed by atoms with Crippen LogP contribution < -0.4 is 0 Å². The van der Waals surface area contributed by atoms with Crippen molar-refractivity contribution in [2.24, 2.45) is 0 Å². The van der Waals surface area contributed by atoms with Crippen LogP contribution in [0, 0.1) is 0 Å². The highest BCUT2D eigenvalue weighted by molar-refractivity contribution is 5.66. The van der Waals surface area contributed by atoms with Gasteiger partial charge in [0.15, 0.2) is 0 Å². The quantitative estimate of drug-likeness (QED) is 0.296. The maximum Gasteiger partial charge on any atom is 0.303 e. The molecule has 2 N–H and O–H groups in total. The SMILES string of the molecule is CCCCCC=CC=C[C@H](O)CC=CCCCCC(=O)O. The van der Waals surface area contributed by atoms with Crippen molar-refractivity contribution in [3.8, 4) is 0 Å². The molecule has 1 atom stereocenters. The Labute approximate surface area is 129 Å². The van der Waals surface area contributed by atoms with Crippen LogP contribution in [0.4, 0.5) is 0 Å². The average molecular weight is 294 g/mol. The molecule has 0 fully saturated rings. The molecule has 0 aliphatic heterocycles. The standard InChI is InChI=1S/C18H30O3/c1-2-3-4-5-6-8-11-14-17(19)15-12-9-7-10-13-16-18(20)21/h6,8-9,11-12,14,17,19H,2-5,7,10,13,15-16H2,1H3,(H,20,21)/t17-/m0/s1. The van der Waals surface area contributed by atoms with Gasteiger partial charge in [0.2, 0.25) is 0 Å². The first-order chi connectivity index (χ1) is 10.2. The number of aliphatic carboxylic acids is 1. The van der Waals surface area contributed by atoms with Gasteiger partial charge in [-0.2, -0.15) is 0 Å². The van der Waals surface area contributed by atoms with Crippen molar-refractivity contribution in [1.29, 1.82) is 0 Å². The highest BCUT2D eigenvalue weighted by atomic mass is 16.4. The van der Waals surface area contributed by atoms with Crippen molar-refractivity contribution >= 4 is 5.97 Å². The number of aliphatic hydroxyl groups is 1. The Morgan fingerprint density at radius 1 is 1.00 bits per heavy atom. The summed E-state index contributed by atoms with van der Waals surface area (Å²) in [6, 6.07) is 0. The summed E-state index contributed by atoms with van der Waals surface area (Å²) in [5, 5.41) is 18.2. The minimum absolute atomic E-state index is 0.240. The second kappa shape index (κ2) is 15.0. The van der Waals surface area contributed by atoms with Gasteiger partial charge in [0.25, 0.3) is 0 Å². The molecule has 0 aromatic rings. The van der Waals surface area contributed by atoms with Gasteiger partial charge in [-0.05, 0) is 38.5 Å². The Kier molecular flexibility index (Phi) is 14.1. The van der Waals surface area contributed by atoms with Gasteiger partial charge >= 0.3 is 5.97 Å². The van der Waals surface area contributed by atoms with Crippen molar-refractivity contribution in [3.63, 3.8) is 0 Å². The third-order valence-corrected chi connectivity index (χ3v) is 3.11. The maximum atomic E-state index is 10.3. The number of rotatable bonds is 13. The van der Waals surface area contributed by atoms with E-state index in [1.165, 1.54) is 19.3 Å². The van der Waals surface area contributed by atoms with Gasteiger partial charge in [0.1, 0.15) is 0 Å². The summed E-state index contributed by atoms with van der Waals surface area (Å²) in [7, 11) is 0. The third-order valence-electron chi connectivity index (χ3n) is 3.11. The van der Waals surface area contributed by atoms with Crippen LogP contribution in [0.15, 0.2) is 36.5 Å². The predicted octanol–water partition coefficient (Wildman–Crippen LogP) is 4.63. The van der Waals surface area contributed by atoms with Gasteiger partial charge in [0, 0.05) is 6.42 Å². The van der Waals surface area contributed by atoms with Gasteiger partial charge in [-0.25, -0.2) is 0 Å². The number of unbranched alkanes of at least 4 members (excludes halogenated alkanes) is 5. The Morgan fingerprint density at radius 3 is 2.43 bits per heavy atom. The van der Waals surface area contributed by atoms with Gasteiger partial charge in [0.05, 0.1) is 6.10 Å². The van der Waals surface area contributed by atoms with E-state index in [0.29, 0.717) is 12.8 Å². The highest BCUT2D eigenvalue weighted by Gasteiger charge is 1.95.